The van der Waals surface area contributed by atoms with Gasteiger partial charge in [-0.25, -0.2) is 4.98 Å². The number of amides is 1. The zero-order valence-electron chi connectivity index (χ0n) is 16.1. The number of aromatic nitrogens is 2. The number of ether oxygens (including phenoxy) is 1. The molecule has 3 aromatic rings. The van der Waals surface area contributed by atoms with Crippen molar-refractivity contribution in [1.82, 2.24) is 9.55 Å². The van der Waals surface area contributed by atoms with Crippen LogP contribution in [0.4, 0.5) is 32.0 Å². The molecule has 0 spiro atoms. The van der Waals surface area contributed by atoms with Gasteiger partial charge in [-0.3, -0.25) is 14.2 Å². The van der Waals surface area contributed by atoms with E-state index in [1.807, 2.05) is 0 Å². The molecule has 0 saturated carbocycles. The zero-order chi connectivity index (χ0) is 23.5. The number of aryl methyl sites for hydroxylation is 1. The largest absolute Gasteiger partial charge is 0.482 e. The van der Waals surface area contributed by atoms with Gasteiger partial charge in [0.15, 0.2) is 6.61 Å². The molecule has 3 rings (SSSR count). The summed E-state index contributed by atoms with van der Waals surface area (Å²) in [6.45, 7) is -1.90. The van der Waals surface area contributed by atoms with E-state index in [0.717, 1.165) is 4.57 Å². The van der Waals surface area contributed by atoms with Crippen LogP contribution in [0.5, 0.6) is 5.75 Å². The summed E-state index contributed by atoms with van der Waals surface area (Å²) in [6, 6.07) is 8.23. The van der Waals surface area contributed by atoms with Crippen LogP contribution in [0.2, 0.25) is 0 Å². The Morgan fingerprint density at radius 2 is 1.78 bits per heavy atom. The standard InChI is InChI=1S/C20H15F6N3O3/c21-19(22,23)10-32-16-6-5-12(20(24,25)26)9-15(16)28-17(30)7-8-29-11-27-14-4-2-1-3-13(14)18(29)31/h1-6,9,11H,7-8,10H2,(H,28,30). The smallest absolute Gasteiger partial charge is 0.422 e. The number of benzene rings is 2. The Morgan fingerprint density at radius 1 is 1.06 bits per heavy atom. The van der Waals surface area contributed by atoms with Crippen LogP contribution in [-0.4, -0.2) is 28.2 Å². The molecule has 32 heavy (non-hydrogen) atoms. The summed E-state index contributed by atoms with van der Waals surface area (Å²) in [6.07, 6.45) is -8.64. The molecular formula is C20H15F6N3O3. The van der Waals surface area contributed by atoms with Crippen LogP contribution in [0.25, 0.3) is 10.9 Å². The third-order valence-electron chi connectivity index (χ3n) is 4.28. The molecule has 0 saturated heterocycles. The fraction of sp³-hybridized carbons (Fsp3) is 0.250. The van der Waals surface area contributed by atoms with Gasteiger partial charge >= 0.3 is 12.4 Å². The minimum Gasteiger partial charge on any atom is -0.482 e. The molecule has 1 aromatic heterocycles. The predicted octanol–water partition coefficient (Wildman–Crippen LogP) is 4.39. The molecule has 1 N–H and O–H groups in total. The molecule has 0 bridgehead atoms. The van der Waals surface area contributed by atoms with Gasteiger partial charge in [0, 0.05) is 13.0 Å². The number of hydrogen-bond acceptors (Lipinski definition) is 4. The van der Waals surface area contributed by atoms with Crippen LogP contribution in [0.1, 0.15) is 12.0 Å². The zero-order valence-corrected chi connectivity index (χ0v) is 16.1. The van der Waals surface area contributed by atoms with Crippen LogP contribution in [0.3, 0.4) is 0 Å². The summed E-state index contributed by atoms with van der Waals surface area (Å²) >= 11 is 0. The number of fused-ring (bicyclic) bond motifs is 1. The van der Waals surface area contributed by atoms with Gasteiger partial charge in [-0.1, -0.05) is 12.1 Å². The van der Waals surface area contributed by atoms with Crippen LogP contribution in [0, 0.1) is 0 Å². The van der Waals surface area contributed by atoms with E-state index in [-0.39, 0.29) is 13.0 Å². The van der Waals surface area contributed by atoms with Gasteiger partial charge in [-0.15, -0.1) is 0 Å². The summed E-state index contributed by atoms with van der Waals surface area (Å²) < 4.78 is 81.9. The number of carbonyl (C=O) groups is 1. The number of alkyl halides is 6. The normalized spacial score (nSPS) is 12.1. The van der Waals surface area contributed by atoms with Gasteiger partial charge in [0.25, 0.3) is 5.56 Å². The molecule has 0 radical (unpaired) electrons. The minimum absolute atomic E-state index is 0.153. The lowest BCUT2D eigenvalue weighted by Crippen LogP contribution is -2.24. The second kappa shape index (κ2) is 8.89. The summed E-state index contributed by atoms with van der Waals surface area (Å²) in [5.41, 5.74) is -1.72. The van der Waals surface area contributed by atoms with Crippen LogP contribution in [-0.2, 0) is 17.5 Å². The second-order valence-electron chi connectivity index (χ2n) is 6.67. The van der Waals surface area contributed by atoms with Crippen molar-refractivity contribution in [2.24, 2.45) is 0 Å². The highest BCUT2D eigenvalue weighted by atomic mass is 19.4. The van der Waals surface area contributed by atoms with Gasteiger partial charge in [0.05, 0.1) is 28.5 Å². The number of rotatable bonds is 6. The summed E-state index contributed by atoms with van der Waals surface area (Å²) in [5.74, 6) is -1.41. The maximum Gasteiger partial charge on any atom is 0.422 e. The van der Waals surface area contributed by atoms with E-state index in [0.29, 0.717) is 29.1 Å². The lowest BCUT2D eigenvalue weighted by molar-refractivity contribution is -0.153. The van der Waals surface area contributed by atoms with E-state index in [4.69, 9.17) is 0 Å². The molecule has 0 unspecified atom stereocenters. The van der Waals surface area contributed by atoms with Crippen molar-refractivity contribution in [3.05, 3.63) is 64.7 Å². The average molecular weight is 459 g/mol. The van der Waals surface area contributed by atoms with Crippen molar-refractivity contribution in [2.75, 3.05) is 11.9 Å². The Kier molecular flexibility index (Phi) is 6.42. The van der Waals surface area contributed by atoms with Gasteiger partial charge in [0.1, 0.15) is 5.75 Å². The van der Waals surface area contributed by atoms with E-state index in [1.165, 1.54) is 6.33 Å². The summed E-state index contributed by atoms with van der Waals surface area (Å²) in [5, 5.41) is 2.43. The number of halogens is 6. The maximum absolute atomic E-state index is 13.0. The SMILES string of the molecule is O=C(CCn1cnc2ccccc2c1=O)Nc1cc(C(F)(F)F)ccc1OCC(F)(F)F. The Labute approximate surface area is 176 Å². The molecule has 1 amide bonds. The fourth-order valence-corrected chi connectivity index (χ4v) is 2.79. The molecule has 0 aliphatic carbocycles. The van der Waals surface area contributed by atoms with Gasteiger partial charge in [0.2, 0.25) is 5.91 Å². The van der Waals surface area contributed by atoms with Crippen LogP contribution < -0.4 is 15.6 Å². The van der Waals surface area contributed by atoms with E-state index in [9.17, 15) is 35.9 Å². The van der Waals surface area contributed by atoms with Crippen molar-refractivity contribution in [2.45, 2.75) is 25.3 Å². The number of anilines is 1. The predicted molar refractivity (Wildman–Crippen MR) is 102 cm³/mol. The average Bonchev–Trinajstić information content (AvgIpc) is 2.71. The molecule has 2 aromatic carbocycles. The first-order valence-corrected chi connectivity index (χ1v) is 9.09. The molecule has 0 fully saturated rings. The lowest BCUT2D eigenvalue weighted by Gasteiger charge is -2.16. The fourth-order valence-electron chi connectivity index (χ4n) is 2.79. The minimum atomic E-state index is -4.79. The van der Waals surface area contributed by atoms with Crippen molar-refractivity contribution in [1.29, 1.82) is 0 Å². The molecule has 6 nitrogen and oxygen atoms in total. The van der Waals surface area contributed by atoms with Crippen LogP contribution in [0.15, 0.2) is 53.6 Å². The van der Waals surface area contributed by atoms with Gasteiger partial charge in [-0.2, -0.15) is 26.3 Å². The number of hydrogen-bond donors (Lipinski definition) is 1. The number of carbonyl (C=O) groups excluding carboxylic acids is 1. The molecule has 0 atom stereocenters. The molecule has 170 valence electrons. The van der Waals surface area contributed by atoms with E-state index < -0.39 is 47.4 Å². The first kappa shape index (κ1) is 23.1. The lowest BCUT2D eigenvalue weighted by atomic mass is 10.1. The van der Waals surface area contributed by atoms with E-state index in [1.54, 1.807) is 24.3 Å². The van der Waals surface area contributed by atoms with Gasteiger partial charge < -0.3 is 10.1 Å². The Hall–Kier alpha value is -3.57. The van der Waals surface area contributed by atoms with E-state index >= 15 is 0 Å². The third kappa shape index (κ3) is 5.77. The van der Waals surface area contributed by atoms with Crippen molar-refractivity contribution in [3.8, 4) is 5.75 Å². The van der Waals surface area contributed by atoms with Gasteiger partial charge in [-0.05, 0) is 30.3 Å². The summed E-state index contributed by atoms with van der Waals surface area (Å²) in [7, 11) is 0. The van der Waals surface area contributed by atoms with Crippen molar-refractivity contribution >= 4 is 22.5 Å². The molecule has 12 heteroatoms. The second-order valence-corrected chi connectivity index (χ2v) is 6.67. The van der Waals surface area contributed by atoms with Crippen molar-refractivity contribution in [3.63, 3.8) is 0 Å². The van der Waals surface area contributed by atoms with E-state index in [2.05, 4.69) is 15.0 Å². The molecular weight excluding hydrogens is 444 g/mol. The Balaban J connectivity index is 1.77. The molecule has 0 aliphatic rings. The Bertz CT molecular complexity index is 1190. The first-order chi connectivity index (χ1) is 14.9. The highest BCUT2D eigenvalue weighted by molar-refractivity contribution is 5.92. The Morgan fingerprint density at radius 3 is 2.47 bits per heavy atom. The highest BCUT2D eigenvalue weighted by Gasteiger charge is 2.32. The highest BCUT2D eigenvalue weighted by Crippen LogP contribution is 2.35. The molecule has 0 aliphatic heterocycles. The monoisotopic (exact) mass is 459 g/mol. The topological polar surface area (TPSA) is 73.2 Å². The number of nitrogens with one attached hydrogen (secondary N) is 1. The third-order valence-corrected chi connectivity index (χ3v) is 4.28. The number of para-hydroxylation sites is 1. The van der Waals surface area contributed by atoms with Crippen molar-refractivity contribution < 1.29 is 35.9 Å². The summed E-state index contributed by atoms with van der Waals surface area (Å²) in [4.78, 5) is 28.8. The maximum atomic E-state index is 13.0. The van der Waals surface area contributed by atoms with Crippen LogP contribution >= 0.6 is 0 Å². The number of nitrogens with zero attached hydrogens (tertiary/aromatic N) is 2. The molecule has 1 heterocycles. The first-order valence-electron chi connectivity index (χ1n) is 9.09. The quantitative estimate of drug-likeness (QED) is 0.556.